The minimum absolute atomic E-state index is 0.204. The molecule has 5 heteroatoms. The highest BCUT2D eigenvalue weighted by Gasteiger charge is 2.49. The molecule has 4 nitrogen and oxygen atoms in total. The first-order valence-electron chi connectivity index (χ1n) is 3.97. The van der Waals surface area contributed by atoms with E-state index in [2.05, 4.69) is 0 Å². The molecule has 0 aliphatic carbocycles. The lowest BCUT2D eigenvalue weighted by molar-refractivity contribution is -0.137. The van der Waals surface area contributed by atoms with Gasteiger partial charge in [-0.2, -0.15) is 0 Å². The third kappa shape index (κ3) is 1.09. The number of hydrogen-bond acceptors (Lipinski definition) is 4. The Bertz CT molecular complexity index is 175. The third-order valence-electron chi connectivity index (χ3n) is 2.43. The number of rotatable bonds is 1. The SMILES string of the molecule is [B]C1OC2C(OC)COC1C2O. The smallest absolute Gasteiger partial charge is 0.114 e. The molecule has 2 aliphatic heterocycles. The Morgan fingerprint density at radius 3 is 2.92 bits per heavy atom. The molecule has 2 aliphatic rings. The molecule has 0 aromatic heterocycles. The van der Waals surface area contributed by atoms with Gasteiger partial charge < -0.3 is 19.3 Å². The van der Waals surface area contributed by atoms with E-state index in [0.29, 0.717) is 6.61 Å². The molecule has 0 amide bonds. The second-order valence-electron chi connectivity index (χ2n) is 3.13. The summed E-state index contributed by atoms with van der Waals surface area (Å²) in [6.45, 7) is 0.441. The van der Waals surface area contributed by atoms with Crippen LogP contribution in [0.1, 0.15) is 0 Å². The van der Waals surface area contributed by atoms with E-state index in [1.54, 1.807) is 7.11 Å². The highest BCUT2D eigenvalue weighted by molar-refractivity contribution is 6.11. The summed E-state index contributed by atoms with van der Waals surface area (Å²) in [6.07, 6.45) is -1.58. The molecule has 12 heavy (non-hydrogen) atoms. The van der Waals surface area contributed by atoms with Gasteiger partial charge in [0.15, 0.2) is 0 Å². The zero-order valence-electron chi connectivity index (χ0n) is 6.84. The van der Waals surface area contributed by atoms with Crippen LogP contribution in [0.2, 0.25) is 0 Å². The van der Waals surface area contributed by atoms with Crippen molar-refractivity contribution in [3.63, 3.8) is 0 Å². The average Bonchev–Trinajstić information content (AvgIpc) is 2.28. The van der Waals surface area contributed by atoms with Crippen LogP contribution in [-0.4, -0.2) is 57.1 Å². The summed E-state index contributed by atoms with van der Waals surface area (Å²) in [5.74, 6) is 0. The summed E-state index contributed by atoms with van der Waals surface area (Å²) < 4.78 is 15.6. The summed E-state index contributed by atoms with van der Waals surface area (Å²) in [5.41, 5.74) is 0. The Kier molecular flexibility index (Phi) is 2.12. The maximum atomic E-state index is 9.57. The molecule has 5 unspecified atom stereocenters. The maximum absolute atomic E-state index is 9.57. The van der Waals surface area contributed by atoms with Crippen molar-refractivity contribution >= 4 is 7.85 Å². The van der Waals surface area contributed by atoms with Gasteiger partial charge in [0.25, 0.3) is 0 Å². The lowest BCUT2D eigenvalue weighted by Crippen LogP contribution is -2.48. The van der Waals surface area contributed by atoms with Crippen LogP contribution in [-0.2, 0) is 14.2 Å². The number of fused-ring (bicyclic) bond motifs is 2. The van der Waals surface area contributed by atoms with Gasteiger partial charge in [-0.15, -0.1) is 0 Å². The van der Waals surface area contributed by atoms with Crippen molar-refractivity contribution in [2.75, 3.05) is 13.7 Å². The summed E-state index contributed by atoms with van der Waals surface area (Å²) >= 11 is 0. The van der Waals surface area contributed by atoms with Crippen LogP contribution in [0.25, 0.3) is 0 Å². The van der Waals surface area contributed by atoms with Crippen LogP contribution in [0, 0.1) is 0 Å². The van der Waals surface area contributed by atoms with Crippen LogP contribution in [0.4, 0.5) is 0 Å². The van der Waals surface area contributed by atoms with Gasteiger partial charge in [-0.05, 0) is 0 Å². The number of hydrogen-bond donors (Lipinski definition) is 1. The highest BCUT2D eigenvalue weighted by atomic mass is 16.6. The van der Waals surface area contributed by atoms with Crippen molar-refractivity contribution in [3.05, 3.63) is 0 Å². The van der Waals surface area contributed by atoms with E-state index in [-0.39, 0.29) is 18.3 Å². The van der Waals surface area contributed by atoms with Gasteiger partial charge in [-0.3, -0.25) is 0 Å². The van der Waals surface area contributed by atoms with Crippen LogP contribution in [0.5, 0.6) is 0 Å². The molecule has 0 aromatic carbocycles. The van der Waals surface area contributed by atoms with Crippen LogP contribution in [0.15, 0.2) is 0 Å². The number of ether oxygens (including phenoxy) is 3. The van der Waals surface area contributed by atoms with Crippen molar-refractivity contribution in [2.24, 2.45) is 0 Å². The number of methoxy groups -OCH3 is 1. The Balaban J connectivity index is 2.12. The minimum Gasteiger partial charge on any atom is -0.388 e. The average molecular weight is 170 g/mol. The molecule has 0 spiro atoms. The van der Waals surface area contributed by atoms with E-state index < -0.39 is 12.1 Å². The molecule has 2 rings (SSSR count). The van der Waals surface area contributed by atoms with E-state index in [1.165, 1.54) is 0 Å². The second kappa shape index (κ2) is 2.99. The maximum Gasteiger partial charge on any atom is 0.114 e. The van der Waals surface area contributed by atoms with Crippen molar-refractivity contribution in [1.29, 1.82) is 0 Å². The van der Waals surface area contributed by atoms with Gasteiger partial charge in [-0.1, -0.05) is 0 Å². The quantitative estimate of drug-likeness (QED) is 0.494. The van der Waals surface area contributed by atoms with Gasteiger partial charge in [0, 0.05) is 13.1 Å². The number of aliphatic hydroxyl groups is 1. The van der Waals surface area contributed by atoms with E-state index in [4.69, 9.17) is 22.1 Å². The third-order valence-corrected chi connectivity index (χ3v) is 2.43. The molecule has 2 saturated heterocycles. The van der Waals surface area contributed by atoms with Gasteiger partial charge in [0.2, 0.25) is 0 Å². The van der Waals surface area contributed by atoms with Crippen LogP contribution < -0.4 is 0 Å². The van der Waals surface area contributed by atoms with Gasteiger partial charge in [0.1, 0.15) is 32.3 Å². The van der Waals surface area contributed by atoms with E-state index in [9.17, 15) is 5.11 Å². The zero-order chi connectivity index (χ0) is 8.72. The fraction of sp³-hybridized carbons (Fsp3) is 1.00. The molecular weight excluding hydrogens is 159 g/mol. The molecule has 2 heterocycles. The van der Waals surface area contributed by atoms with Crippen molar-refractivity contribution < 1.29 is 19.3 Å². The molecular formula is C7H11BO4. The van der Waals surface area contributed by atoms with Gasteiger partial charge in [0.05, 0.1) is 6.61 Å². The van der Waals surface area contributed by atoms with E-state index in [0.717, 1.165) is 0 Å². The van der Waals surface area contributed by atoms with Crippen molar-refractivity contribution in [3.8, 4) is 0 Å². The predicted octanol–water partition coefficient (Wildman–Crippen LogP) is -1.35. The van der Waals surface area contributed by atoms with E-state index in [1.807, 2.05) is 0 Å². The normalized spacial score (nSPS) is 52.7. The Labute approximate surface area is 72.2 Å². The Morgan fingerprint density at radius 2 is 2.25 bits per heavy atom. The monoisotopic (exact) mass is 170 g/mol. The zero-order valence-corrected chi connectivity index (χ0v) is 6.84. The Morgan fingerprint density at radius 1 is 1.50 bits per heavy atom. The summed E-state index contributed by atoms with van der Waals surface area (Å²) in [4.78, 5) is 0. The van der Waals surface area contributed by atoms with E-state index >= 15 is 0 Å². The first-order chi connectivity index (χ1) is 5.74. The fourth-order valence-corrected chi connectivity index (χ4v) is 1.72. The second-order valence-corrected chi connectivity index (χ2v) is 3.13. The fourth-order valence-electron chi connectivity index (χ4n) is 1.72. The standard InChI is InChI=1S/C7H11BO4/c1-10-3-2-11-6-4(9)5(3)12-7(6)8/h3-7,9H,2H2,1H3. The molecule has 5 atom stereocenters. The van der Waals surface area contributed by atoms with Gasteiger partial charge >= 0.3 is 0 Å². The van der Waals surface area contributed by atoms with Crippen LogP contribution in [0.3, 0.4) is 0 Å². The summed E-state index contributed by atoms with van der Waals surface area (Å²) in [5, 5.41) is 9.57. The molecule has 2 bridgehead atoms. The Hall–Kier alpha value is -0.0951. The molecule has 2 fully saturated rings. The molecule has 2 radical (unpaired) electrons. The minimum atomic E-state index is -0.654. The molecule has 0 aromatic rings. The molecule has 0 saturated carbocycles. The molecule has 1 N–H and O–H groups in total. The summed E-state index contributed by atoms with van der Waals surface area (Å²) in [7, 11) is 7.13. The van der Waals surface area contributed by atoms with Gasteiger partial charge in [-0.25, -0.2) is 0 Å². The largest absolute Gasteiger partial charge is 0.388 e. The van der Waals surface area contributed by atoms with Crippen LogP contribution >= 0.6 is 0 Å². The topological polar surface area (TPSA) is 47.9 Å². The van der Waals surface area contributed by atoms with Crippen molar-refractivity contribution in [2.45, 2.75) is 30.4 Å². The lowest BCUT2D eigenvalue weighted by atomic mass is 9.91. The first kappa shape index (κ1) is 8.50. The lowest BCUT2D eigenvalue weighted by Gasteiger charge is -2.30. The summed E-state index contributed by atoms with van der Waals surface area (Å²) in [6, 6.07) is -0.523. The highest BCUT2D eigenvalue weighted by Crippen LogP contribution is 2.30. The van der Waals surface area contributed by atoms with Crippen molar-refractivity contribution in [1.82, 2.24) is 0 Å². The number of aliphatic hydroxyl groups excluding tert-OH is 1. The predicted molar refractivity (Wildman–Crippen MR) is 41.0 cm³/mol. The first-order valence-corrected chi connectivity index (χ1v) is 3.97. The molecule has 66 valence electrons.